The molecule has 1 spiro atoms. The second-order valence-electron chi connectivity index (χ2n) is 4.54. The summed E-state index contributed by atoms with van der Waals surface area (Å²) < 4.78 is 0. The predicted molar refractivity (Wildman–Crippen MR) is 55.3 cm³/mol. The standard InChI is InChI=1S/C12H13NO2/c14-10-5-12(6-11(15)13-7-12)9-4-2-1-3-8(9)10/h1-4,10,14H,5-7H2,(H,13,15). The molecule has 78 valence electrons. The Morgan fingerprint density at radius 1 is 1.40 bits per heavy atom. The zero-order valence-corrected chi connectivity index (χ0v) is 8.36. The first kappa shape index (κ1) is 8.92. The first-order chi connectivity index (χ1) is 7.21. The fourth-order valence-electron chi connectivity index (χ4n) is 2.90. The maximum Gasteiger partial charge on any atom is 0.220 e. The highest BCUT2D eigenvalue weighted by atomic mass is 16.3. The molecule has 0 saturated carbocycles. The minimum atomic E-state index is -0.408. The highest BCUT2D eigenvalue weighted by molar-refractivity contribution is 5.81. The van der Waals surface area contributed by atoms with Gasteiger partial charge in [-0.2, -0.15) is 0 Å². The van der Waals surface area contributed by atoms with Crippen molar-refractivity contribution in [1.82, 2.24) is 5.32 Å². The summed E-state index contributed by atoms with van der Waals surface area (Å²) >= 11 is 0. The van der Waals surface area contributed by atoms with E-state index in [1.54, 1.807) is 0 Å². The number of hydrogen-bond donors (Lipinski definition) is 2. The maximum absolute atomic E-state index is 11.3. The van der Waals surface area contributed by atoms with Crippen LogP contribution in [0.25, 0.3) is 0 Å². The van der Waals surface area contributed by atoms with E-state index < -0.39 is 6.10 Å². The second kappa shape index (κ2) is 2.83. The zero-order valence-electron chi connectivity index (χ0n) is 8.36. The third-order valence-corrected chi connectivity index (χ3v) is 3.60. The molecule has 1 aromatic rings. The van der Waals surface area contributed by atoms with Gasteiger partial charge in [-0.25, -0.2) is 0 Å². The molecule has 1 aliphatic carbocycles. The smallest absolute Gasteiger partial charge is 0.220 e. The fraction of sp³-hybridized carbons (Fsp3) is 0.417. The highest BCUT2D eigenvalue weighted by Gasteiger charge is 2.47. The van der Waals surface area contributed by atoms with Crippen molar-refractivity contribution in [3.05, 3.63) is 35.4 Å². The van der Waals surface area contributed by atoms with Crippen LogP contribution in [0.4, 0.5) is 0 Å². The highest BCUT2D eigenvalue weighted by Crippen LogP contribution is 2.48. The SMILES string of the molecule is O=C1CC2(CN1)CC(O)c1ccccc12. The number of benzene rings is 1. The van der Waals surface area contributed by atoms with E-state index >= 15 is 0 Å². The zero-order chi connectivity index (χ0) is 10.5. The number of nitrogens with one attached hydrogen (secondary N) is 1. The number of hydrogen-bond acceptors (Lipinski definition) is 2. The monoisotopic (exact) mass is 203 g/mol. The van der Waals surface area contributed by atoms with Crippen LogP contribution in [-0.4, -0.2) is 17.6 Å². The van der Waals surface area contributed by atoms with Gasteiger partial charge in [-0.05, 0) is 17.5 Å². The summed E-state index contributed by atoms with van der Waals surface area (Å²) in [5.74, 6) is 0.0962. The summed E-state index contributed by atoms with van der Waals surface area (Å²) in [5, 5.41) is 12.8. The Balaban J connectivity index is 2.12. The number of carbonyl (C=O) groups excluding carboxylic acids is 1. The van der Waals surface area contributed by atoms with Crippen LogP contribution in [0.15, 0.2) is 24.3 Å². The molecule has 15 heavy (non-hydrogen) atoms. The molecule has 1 aromatic carbocycles. The quantitative estimate of drug-likeness (QED) is 0.657. The average Bonchev–Trinajstić information content (AvgIpc) is 2.72. The topological polar surface area (TPSA) is 49.3 Å². The first-order valence-electron chi connectivity index (χ1n) is 5.25. The molecule has 2 aliphatic rings. The summed E-state index contributed by atoms with van der Waals surface area (Å²) in [6, 6.07) is 7.90. The summed E-state index contributed by atoms with van der Waals surface area (Å²) in [6.45, 7) is 0.667. The second-order valence-corrected chi connectivity index (χ2v) is 4.54. The fourth-order valence-corrected chi connectivity index (χ4v) is 2.90. The van der Waals surface area contributed by atoms with Gasteiger partial charge in [0.1, 0.15) is 0 Å². The predicted octanol–water partition coefficient (Wildman–Crippen LogP) is 0.881. The Bertz CT molecular complexity index is 429. The van der Waals surface area contributed by atoms with Crippen LogP contribution in [-0.2, 0) is 10.2 Å². The lowest BCUT2D eigenvalue weighted by Gasteiger charge is -2.21. The maximum atomic E-state index is 11.3. The van der Waals surface area contributed by atoms with E-state index in [1.165, 1.54) is 0 Å². The molecule has 0 radical (unpaired) electrons. The molecule has 3 nitrogen and oxygen atoms in total. The Hall–Kier alpha value is -1.35. The van der Waals surface area contributed by atoms with Gasteiger partial charge in [0.05, 0.1) is 6.10 Å². The normalized spacial score (nSPS) is 33.1. The molecule has 2 unspecified atom stereocenters. The van der Waals surface area contributed by atoms with Crippen molar-refractivity contribution in [2.45, 2.75) is 24.4 Å². The molecule has 2 N–H and O–H groups in total. The molecule has 1 aliphatic heterocycles. The van der Waals surface area contributed by atoms with Crippen LogP contribution in [0.2, 0.25) is 0 Å². The van der Waals surface area contributed by atoms with E-state index in [4.69, 9.17) is 0 Å². The van der Waals surface area contributed by atoms with Gasteiger partial charge in [0.2, 0.25) is 5.91 Å². The van der Waals surface area contributed by atoms with Gasteiger partial charge in [-0.15, -0.1) is 0 Å². The van der Waals surface area contributed by atoms with Crippen molar-refractivity contribution >= 4 is 5.91 Å². The van der Waals surface area contributed by atoms with Crippen LogP contribution in [0.5, 0.6) is 0 Å². The van der Waals surface area contributed by atoms with Gasteiger partial charge in [-0.1, -0.05) is 24.3 Å². The lowest BCUT2D eigenvalue weighted by molar-refractivity contribution is -0.119. The molecule has 1 amide bonds. The van der Waals surface area contributed by atoms with Gasteiger partial charge < -0.3 is 10.4 Å². The number of fused-ring (bicyclic) bond motifs is 2. The Morgan fingerprint density at radius 2 is 2.20 bits per heavy atom. The van der Waals surface area contributed by atoms with E-state index in [2.05, 4.69) is 5.32 Å². The molecule has 0 bridgehead atoms. The van der Waals surface area contributed by atoms with Crippen molar-refractivity contribution in [2.75, 3.05) is 6.54 Å². The Morgan fingerprint density at radius 3 is 2.93 bits per heavy atom. The van der Waals surface area contributed by atoms with Crippen molar-refractivity contribution in [3.63, 3.8) is 0 Å². The number of aliphatic hydroxyl groups is 1. The van der Waals surface area contributed by atoms with Gasteiger partial charge in [-0.3, -0.25) is 4.79 Å². The molecular formula is C12H13NO2. The lowest BCUT2D eigenvalue weighted by Crippen LogP contribution is -2.26. The van der Waals surface area contributed by atoms with Crippen LogP contribution in [0.3, 0.4) is 0 Å². The van der Waals surface area contributed by atoms with Crippen LogP contribution >= 0.6 is 0 Å². The van der Waals surface area contributed by atoms with Crippen LogP contribution < -0.4 is 5.32 Å². The van der Waals surface area contributed by atoms with Crippen molar-refractivity contribution in [2.24, 2.45) is 0 Å². The van der Waals surface area contributed by atoms with Gasteiger partial charge in [0.15, 0.2) is 0 Å². The molecule has 1 fully saturated rings. The number of amides is 1. The number of aliphatic hydroxyl groups excluding tert-OH is 1. The average molecular weight is 203 g/mol. The molecule has 2 atom stereocenters. The van der Waals surface area contributed by atoms with Crippen molar-refractivity contribution < 1.29 is 9.90 Å². The van der Waals surface area contributed by atoms with Gasteiger partial charge in [0.25, 0.3) is 0 Å². The largest absolute Gasteiger partial charge is 0.388 e. The van der Waals surface area contributed by atoms with Crippen LogP contribution in [0, 0.1) is 0 Å². The third-order valence-electron chi connectivity index (χ3n) is 3.60. The van der Waals surface area contributed by atoms with Gasteiger partial charge >= 0.3 is 0 Å². The number of rotatable bonds is 0. The van der Waals surface area contributed by atoms with E-state index in [9.17, 15) is 9.90 Å². The van der Waals surface area contributed by atoms with Crippen molar-refractivity contribution in [3.8, 4) is 0 Å². The minimum absolute atomic E-state index is 0.0962. The van der Waals surface area contributed by atoms with Gasteiger partial charge in [0, 0.05) is 18.4 Å². The third kappa shape index (κ3) is 1.13. The minimum Gasteiger partial charge on any atom is -0.388 e. The number of carbonyl (C=O) groups is 1. The summed E-state index contributed by atoms with van der Waals surface area (Å²) in [7, 11) is 0. The summed E-state index contributed by atoms with van der Waals surface area (Å²) in [4.78, 5) is 11.3. The molecule has 3 heteroatoms. The molecule has 0 aromatic heterocycles. The summed E-state index contributed by atoms with van der Waals surface area (Å²) in [6.07, 6.45) is 0.778. The molecule has 1 heterocycles. The van der Waals surface area contributed by atoms with Crippen molar-refractivity contribution in [1.29, 1.82) is 0 Å². The summed E-state index contributed by atoms with van der Waals surface area (Å²) in [5.41, 5.74) is 2.00. The molecular weight excluding hydrogens is 190 g/mol. The lowest BCUT2D eigenvalue weighted by atomic mass is 9.81. The Kier molecular flexibility index (Phi) is 1.68. The Labute approximate surface area is 88.1 Å². The molecule has 3 rings (SSSR count). The first-order valence-corrected chi connectivity index (χ1v) is 5.25. The van der Waals surface area contributed by atoms with E-state index in [-0.39, 0.29) is 11.3 Å². The van der Waals surface area contributed by atoms with E-state index in [1.807, 2.05) is 24.3 Å². The van der Waals surface area contributed by atoms with E-state index in [0.717, 1.165) is 11.1 Å². The van der Waals surface area contributed by atoms with Crippen LogP contribution in [0.1, 0.15) is 30.1 Å². The molecule has 1 saturated heterocycles. The van der Waals surface area contributed by atoms with E-state index in [0.29, 0.717) is 19.4 Å².